The lowest BCUT2D eigenvalue weighted by molar-refractivity contribution is 0.486. The van der Waals surface area contributed by atoms with Gasteiger partial charge in [-0.2, -0.15) is 0 Å². The van der Waals surface area contributed by atoms with Gasteiger partial charge in [0.2, 0.25) is 0 Å². The molecule has 1 aliphatic rings. The zero-order chi connectivity index (χ0) is 14.7. The lowest BCUT2D eigenvalue weighted by Gasteiger charge is -2.20. The molecule has 1 fully saturated rings. The highest BCUT2D eigenvalue weighted by molar-refractivity contribution is 5.26. The van der Waals surface area contributed by atoms with Gasteiger partial charge in [0, 0.05) is 29.9 Å². The van der Waals surface area contributed by atoms with Gasteiger partial charge in [0.1, 0.15) is 0 Å². The smallest absolute Gasteiger partial charge is 0.255 e. The maximum atomic E-state index is 12.7. The molecule has 0 radical (unpaired) electrons. The number of nitrogens with zero attached hydrogens (tertiary/aromatic N) is 1. The molecule has 1 aromatic rings. The van der Waals surface area contributed by atoms with Crippen molar-refractivity contribution in [2.75, 3.05) is 0 Å². The highest BCUT2D eigenvalue weighted by Crippen LogP contribution is 2.19. The summed E-state index contributed by atoms with van der Waals surface area (Å²) in [5, 5.41) is 3.57. The van der Waals surface area contributed by atoms with Crippen molar-refractivity contribution in [1.29, 1.82) is 0 Å². The molecule has 1 aliphatic carbocycles. The molecule has 0 aromatic carbocycles. The molecule has 0 saturated heterocycles. The summed E-state index contributed by atoms with van der Waals surface area (Å²) in [5.74, 6) is 0. The second kappa shape index (κ2) is 6.57. The Labute approximate surface area is 122 Å². The number of hydrogen-bond acceptors (Lipinski definition) is 2. The third-order valence-corrected chi connectivity index (χ3v) is 4.71. The monoisotopic (exact) mass is 276 g/mol. The van der Waals surface area contributed by atoms with Gasteiger partial charge in [-0.1, -0.05) is 19.8 Å². The molecule has 0 amide bonds. The largest absolute Gasteiger partial charge is 0.310 e. The van der Waals surface area contributed by atoms with Crippen LogP contribution in [0.15, 0.2) is 10.9 Å². The molecule has 1 N–H and O–H groups in total. The predicted octanol–water partition coefficient (Wildman–Crippen LogP) is 3.47. The summed E-state index contributed by atoms with van der Waals surface area (Å²) in [5.41, 5.74) is 3.34. The second-order valence-corrected chi connectivity index (χ2v) is 6.24. The first kappa shape index (κ1) is 15.3. The van der Waals surface area contributed by atoms with Crippen LogP contribution in [0.1, 0.15) is 68.8 Å². The van der Waals surface area contributed by atoms with Crippen LogP contribution in [-0.2, 0) is 6.54 Å². The van der Waals surface area contributed by atoms with E-state index in [9.17, 15) is 4.79 Å². The third-order valence-electron chi connectivity index (χ3n) is 4.71. The Morgan fingerprint density at radius 3 is 2.60 bits per heavy atom. The van der Waals surface area contributed by atoms with Crippen molar-refractivity contribution in [1.82, 2.24) is 9.88 Å². The fourth-order valence-corrected chi connectivity index (χ4v) is 3.27. The van der Waals surface area contributed by atoms with Gasteiger partial charge in [-0.15, -0.1) is 0 Å². The average molecular weight is 276 g/mol. The average Bonchev–Trinajstić information content (AvgIpc) is 2.90. The van der Waals surface area contributed by atoms with Crippen LogP contribution in [0.5, 0.6) is 0 Å². The zero-order valence-electron chi connectivity index (χ0n) is 13.3. The molecule has 1 unspecified atom stereocenters. The third kappa shape index (κ3) is 3.14. The van der Waals surface area contributed by atoms with E-state index in [1.54, 1.807) is 0 Å². The Balaban J connectivity index is 2.25. The van der Waals surface area contributed by atoms with Crippen molar-refractivity contribution in [3.8, 4) is 0 Å². The second-order valence-electron chi connectivity index (χ2n) is 6.24. The van der Waals surface area contributed by atoms with Crippen LogP contribution >= 0.6 is 0 Å². The zero-order valence-corrected chi connectivity index (χ0v) is 13.3. The van der Waals surface area contributed by atoms with E-state index in [1.807, 2.05) is 11.5 Å². The standard InChI is InChI=1S/C17H28N2O/c1-5-13(3)19-14(4)10-12(2)16(17(19)20)11-18-15-8-6-7-9-15/h10,13,15,18H,5-9,11H2,1-4H3. The van der Waals surface area contributed by atoms with Crippen LogP contribution in [0.3, 0.4) is 0 Å². The van der Waals surface area contributed by atoms with Crippen LogP contribution in [0.4, 0.5) is 0 Å². The molecule has 0 aliphatic heterocycles. The number of aromatic nitrogens is 1. The van der Waals surface area contributed by atoms with E-state index in [2.05, 4.69) is 32.2 Å². The van der Waals surface area contributed by atoms with E-state index >= 15 is 0 Å². The highest BCUT2D eigenvalue weighted by Gasteiger charge is 2.17. The molecule has 112 valence electrons. The fraction of sp³-hybridized carbons (Fsp3) is 0.706. The normalized spacial score (nSPS) is 17.6. The van der Waals surface area contributed by atoms with Crippen LogP contribution in [-0.4, -0.2) is 10.6 Å². The van der Waals surface area contributed by atoms with Crippen molar-refractivity contribution >= 4 is 0 Å². The molecule has 1 aromatic heterocycles. The van der Waals surface area contributed by atoms with Crippen molar-refractivity contribution in [3.05, 3.63) is 33.2 Å². The Kier molecular flexibility index (Phi) is 5.03. The van der Waals surface area contributed by atoms with Crippen molar-refractivity contribution in [3.63, 3.8) is 0 Å². The van der Waals surface area contributed by atoms with Crippen LogP contribution in [0.25, 0.3) is 0 Å². The molecule has 20 heavy (non-hydrogen) atoms. The predicted molar refractivity (Wildman–Crippen MR) is 84.3 cm³/mol. The van der Waals surface area contributed by atoms with Gasteiger partial charge in [0.25, 0.3) is 5.56 Å². The SMILES string of the molecule is CCC(C)n1c(C)cc(C)c(CNC2CCCC2)c1=O. The summed E-state index contributed by atoms with van der Waals surface area (Å²) in [6, 6.07) is 3.03. The minimum absolute atomic E-state index is 0.197. The van der Waals surface area contributed by atoms with E-state index in [0.29, 0.717) is 12.6 Å². The maximum absolute atomic E-state index is 12.7. The summed E-state index contributed by atoms with van der Waals surface area (Å²) in [7, 11) is 0. The molecule has 2 rings (SSSR count). The van der Waals surface area contributed by atoms with Crippen LogP contribution in [0.2, 0.25) is 0 Å². The minimum atomic E-state index is 0.197. The molecule has 3 nitrogen and oxygen atoms in total. The van der Waals surface area contributed by atoms with E-state index in [4.69, 9.17) is 0 Å². The minimum Gasteiger partial charge on any atom is -0.310 e. The lowest BCUT2D eigenvalue weighted by Crippen LogP contribution is -2.34. The maximum Gasteiger partial charge on any atom is 0.255 e. The molecular weight excluding hydrogens is 248 g/mol. The number of hydrogen-bond donors (Lipinski definition) is 1. The van der Waals surface area contributed by atoms with E-state index in [-0.39, 0.29) is 11.6 Å². The number of pyridine rings is 1. The Hall–Kier alpha value is -1.09. The van der Waals surface area contributed by atoms with Gasteiger partial charge in [0.05, 0.1) is 0 Å². The van der Waals surface area contributed by atoms with Gasteiger partial charge in [-0.3, -0.25) is 4.79 Å². The van der Waals surface area contributed by atoms with Gasteiger partial charge in [-0.25, -0.2) is 0 Å². The summed E-state index contributed by atoms with van der Waals surface area (Å²) >= 11 is 0. The van der Waals surface area contributed by atoms with Crippen molar-refractivity contribution in [2.45, 2.75) is 78.4 Å². The molecule has 1 atom stereocenters. The Morgan fingerprint density at radius 2 is 2.00 bits per heavy atom. The van der Waals surface area contributed by atoms with Gasteiger partial charge in [0.15, 0.2) is 0 Å². The Morgan fingerprint density at radius 1 is 1.35 bits per heavy atom. The topological polar surface area (TPSA) is 34.0 Å². The number of rotatable bonds is 5. The summed E-state index contributed by atoms with van der Waals surface area (Å²) in [6.07, 6.45) is 6.14. The first-order valence-corrected chi connectivity index (χ1v) is 7.99. The first-order valence-electron chi connectivity index (χ1n) is 7.99. The Bertz CT molecular complexity index is 512. The summed E-state index contributed by atoms with van der Waals surface area (Å²) in [4.78, 5) is 12.7. The molecule has 1 heterocycles. The molecule has 0 bridgehead atoms. The summed E-state index contributed by atoms with van der Waals surface area (Å²) in [6.45, 7) is 9.06. The van der Waals surface area contributed by atoms with Gasteiger partial charge in [-0.05, 0) is 51.7 Å². The molecule has 3 heteroatoms. The van der Waals surface area contributed by atoms with Crippen molar-refractivity contribution in [2.24, 2.45) is 0 Å². The van der Waals surface area contributed by atoms with E-state index < -0.39 is 0 Å². The molecule has 1 saturated carbocycles. The number of nitrogens with one attached hydrogen (secondary N) is 1. The van der Waals surface area contributed by atoms with Crippen molar-refractivity contribution < 1.29 is 0 Å². The lowest BCUT2D eigenvalue weighted by atomic mass is 10.1. The van der Waals surface area contributed by atoms with Gasteiger partial charge >= 0.3 is 0 Å². The molecular formula is C17H28N2O. The highest BCUT2D eigenvalue weighted by atomic mass is 16.1. The number of aryl methyl sites for hydroxylation is 2. The van der Waals surface area contributed by atoms with E-state index in [0.717, 1.165) is 23.2 Å². The van der Waals surface area contributed by atoms with E-state index in [1.165, 1.54) is 25.7 Å². The van der Waals surface area contributed by atoms with Crippen LogP contribution in [0, 0.1) is 13.8 Å². The first-order chi connectivity index (χ1) is 9.54. The summed E-state index contributed by atoms with van der Waals surface area (Å²) < 4.78 is 1.96. The van der Waals surface area contributed by atoms with Crippen LogP contribution < -0.4 is 10.9 Å². The van der Waals surface area contributed by atoms with Gasteiger partial charge < -0.3 is 9.88 Å². The quantitative estimate of drug-likeness (QED) is 0.893. The molecule has 0 spiro atoms. The fourth-order valence-electron chi connectivity index (χ4n) is 3.27.